The second-order valence-electron chi connectivity index (χ2n) is 6.52. The van der Waals surface area contributed by atoms with Crippen molar-refractivity contribution in [1.29, 1.82) is 0 Å². The third-order valence-electron chi connectivity index (χ3n) is 3.53. The Morgan fingerprint density at radius 1 is 1.08 bits per heavy atom. The van der Waals surface area contributed by atoms with Gasteiger partial charge in [0.2, 0.25) is 5.91 Å². The van der Waals surface area contributed by atoms with Crippen LogP contribution in [0.25, 0.3) is 16.9 Å². The lowest BCUT2D eigenvalue weighted by molar-refractivity contribution is -0.123. The number of anilines is 1. The molecule has 0 fully saturated rings. The molecule has 0 aliphatic carbocycles. The van der Waals surface area contributed by atoms with Gasteiger partial charge >= 0.3 is 0 Å². The quantitative estimate of drug-likeness (QED) is 0.691. The van der Waals surface area contributed by atoms with Crippen LogP contribution >= 0.6 is 24.0 Å². The molecule has 0 aliphatic rings. The van der Waals surface area contributed by atoms with Gasteiger partial charge in [-0.3, -0.25) is 4.79 Å². The number of benzene rings is 1. The lowest BCUT2D eigenvalue weighted by atomic mass is 9.95. The summed E-state index contributed by atoms with van der Waals surface area (Å²) in [4.78, 5) is 16.6. The van der Waals surface area contributed by atoms with Crippen molar-refractivity contribution in [3.8, 4) is 11.3 Å². The molecule has 24 heavy (non-hydrogen) atoms. The van der Waals surface area contributed by atoms with Crippen molar-refractivity contribution >= 4 is 41.2 Å². The van der Waals surface area contributed by atoms with Gasteiger partial charge in [-0.1, -0.05) is 44.5 Å². The number of hydrogen-bond acceptors (Lipinski definition) is 2. The SMILES string of the molecule is CC(C)(C)C(=O)Nc1ccc(-c2cn3cc(Cl)ccc3n2)cc1.Cl. The minimum Gasteiger partial charge on any atom is -0.326 e. The Balaban J connectivity index is 0.00000208. The molecule has 0 saturated carbocycles. The molecule has 0 unspecified atom stereocenters. The predicted molar refractivity (Wildman–Crippen MR) is 101 cm³/mol. The molecule has 0 bridgehead atoms. The van der Waals surface area contributed by atoms with Gasteiger partial charge in [-0.15, -0.1) is 12.4 Å². The summed E-state index contributed by atoms with van der Waals surface area (Å²) in [6.45, 7) is 5.66. The Labute approximate surface area is 152 Å². The molecule has 4 nitrogen and oxygen atoms in total. The molecular formula is C18H19Cl2N3O. The third-order valence-corrected chi connectivity index (χ3v) is 3.76. The first-order valence-corrected chi connectivity index (χ1v) is 7.77. The van der Waals surface area contributed by atoms with Crippen LogP contribution in [0.3, 0.4) is 0 Å². The van der Waals surface area contributed by atoms with Crippen LogP contribution in [-0.2, 0) is 4.79 Å². The average molecular weight is 364 g/mol. The first-order valence-electron chi connectivity index (χ1n) is 7.39. The maximum atomic E-state index is 12.0. The fourth-order valence-electron chi connectivity index (χ4n) is 2.15. The van der Waals surface area contributed by atoms with Gasteiger partial charge in [0.15, 0.2) is 0 Å². The van der Waals surface area contributed by atoms with Crippen LogP contribution in [0.4, 0.5) is 5.69 Å². The smallest absolute Gasteiger partial charge is 0.229 e. The first kappa shape index (κ1) is 18.3. The third kappa shape index (κ3) is 3.89. The molecule has 126 valence electrons. The van der Waals surface area contributed by atoms with Crippen molar-refractivity contribution in [3.05, 3.63) is 53.8 Å². The van der Waals surface area contributed by atoms with E-state index in [1.807, 2.05) is 74.0 Å². The summed E-state index contributed by atoms with van der Waals surface area (Å²) in [6, 6.07) is 11.4. The van der Waals surface area contributed by atoms with E-state index in [0.717, 1.165) is 22.6 Å². The molecule has 3 aromatic rings. The van der Waals surface area contributed by atoms with E-state index in [9.17, 15) is 4.79 Å². The van der Waals surface area contributed by atoms with Crippen molar-refractivity contribution in [2.24, 2.45) is 5.41 Å². The fourth-order valence-corrected chi connectivity index (χ4v) is 2.31. The molecular weight excluding hydrogens is 345 g/mol. The van der Waals surface area contributed by atoms with E-state index in [2.05, 4.69) is 10.3 Å². The number of pyridine rings is 1. The van der Waals surface area contributed by atoms with Crippen molar-refractivity contribution in [1.82, 2.24) is 9.38 Å². The molecule has 0 saturated heterocycles. The van der Waals surface area contributed by atoms with Gasteiger partial charge in [0.25, 0.3) is 0 Å². The van der Waals surface area contributed by atoms with E-state index in [1.165, 1.54) is 0 Å². The largest absolute Gasteiger partial charge is 0.326 e. The molecule has 0 atom stereocenters. The van der Waals surface area contributed by atoms with Crippen molar-refractivity contribution in [2.75, 3.05) is 5.32 Å². The van der Waals surface area contributed by atoms with E-state index >= 15 is 0 Å². The van der Waals surface area contributed by atoms with E-state index in [0.29, 0.717) is 5.02 Å². The van der Waals surface area contributed by atoms with Gasteiger partial charge in [-0.25, -0.2) is 4.98 Å². The minimum atomic E-state index is -0.417. The van der Waals surface area contributed by atoms with Gasteiger partial charge in [0.05, 0.1) is 10.7 Å². The zero-order chi connectivity index (χ0) is 16.6. The Kier molecular flexibility index (Phi) is 5.21. The monoisotopic (exact) mass is 363 g/mol. The number of rotatable bonds is 2. The number of nitrogens with one attached hydrogen (secondary N) is 1. The van der Waals surface area contributed by atoms with Crippen LogP contribution in [-0.4, -0.2) is 15.3 Å². The highest BCUT2D eigenvalue weighted by molar-refractivity contribution is 6.30. The van der Waals surface area contributed by atoms with Gasteiger partial charge in [-0.2, -0.15) is 0 Å². The highest BCUT2D eigenvalue weighted by Crippen LogP contribution is 2.23. The van der Waals surface area contributed by atoms with E-state index in [-0.39, 0.29) is 18.3 Å². The normalized spacial score (nSPS) is 11.2. The van der Waals surface area contributed by atoms with Crippen LogP contribution in [0.1, 0.15) is 20.8 Å². The fraction of sp³-hybridized carbons (Fsp3) is 0.222. The summed E-state index contributed by atoms with van der Waals surface area (Å²) in [5.41, 5.74) is 3.05. The van der Waals surface area contributed by atoms with E-state index in [4.69, 9.17) is 11.6 Å². The van der Waals surface area contributed by atoms with Gasteiger partial charge < -0.3 is 9.72 Å². The zero-order valence-corrected chi connectivity index (χ0v) is 15.3. The second-order valence-corrected chi connectivity index (χ2v) is 6.96. The maximum Gasteiger partial charge on any atom is 0.229 e. The minimum absolute atomic E-state index is 0. The van der Waals surface area contributed by atoms with Gasteiger partial charge in [0.1, 0.15) is 5.65 Å². The second kappa shape index (κ2) is 6.83. The summed E-state index contributed by atoms with van der Waals surface area (Å²) in [5, 5.41) is 3.58. The number of hydrogen-bond donors (Lipinski definition) is 1. The Morgan fingerprint density at radius 2 is 1.75 bits per heavy atom. The Morgan fingerprint density at radius 3 is 2.38 bits per heavy atom. The van der Waals surface area contributed by atoms with Crippen molar-refractivity contribution in [3.63, 3.8) is 0 Å². The number of amides is 1. The number of carbonyl (C=O) groups is 1. The molecule has 0 spiro atoms. The molecule has 6 heteroatoms. The molecule has 3 rings (SSSR count). The van der Waals surface area contributed by atoms with Crippen LogP contribution in [0.5, 0.6) is 0 Å². The van der Waals surface area contributed by atoms with E-state index in [1.54, 1.807) is 0 Å². The molecule has 1 aromatic carbocycles. The van der Waals surface area contributed by atoms with Crippen LogP contribution in [0.15, 0.2) is 48.8 Å². The Bertz CT molecular complexity index is 864. The van der Waals surface area contributed by atoms with Crippen molar-refractivity contribution < 1.29 is 4.79 Å². The molecule has 1 N–H and O–H groups in total. The number of aromatic nitrogens is 2. The maximum absolute atomic E-state index is 12.0. The standard InChI is InChI=1S/C18H18ClN3O.ClH/c1-18(2,3)17(23)20-14-7-4-12(5-8-14)15-11-22-10-13(19)6-9-16(22)21-15;/h4-11H,1-3H3,(H,20,23);1H. The lowest BCUT2D eigenvalue weighted by Gasteiger charge is -2.17. The van der Waals surface area contributed by atoms with Gasteiger partial charge in [0, 0.05) is 29.1 Å². The highest BCUT2D eigenvalue weighted by Gasteiger charge is 2.21. The van der Waals surface area contributed by atoms with Gasteiger partial charge in [-0.05, 0) is 24.3 Å². The summed E-state index contributed by atoms with van der Waals surface area (Å²) in [6.07, 6.45) is 3.76. The summed E-state index contributed by atoms with van der Waals surface area (Å²) in [7, 11) is 0. The summed E-state index contributed by atoms with van der Waals surface area (Å²) < 4.78 is 1.90. The summed E-state index contributed by atoms with van der Waals surface area (Å²) >= 11 is 5.99. The molecule has 0 radical (unpaired) electrons. The van der Waals surface area contributed by atoms with E-state index < -0.39 is 5.41 Å². The molecule has 2 aromatic heterocycles. The van der Waals surface area contributed by atoms with Crippen LogP contribution in [0, 0.1) is 5.41 Å². The lowest BCUT2D eigenvalue weighted by Crippen LogP contribution is -2.27. The number of nitrogens with zero attached hydrogens (tertiary/aromatic N) is 2. The van der Waals surface area contributed by atoms with Crippen LogP contribution in [0.2, 0.25) is 5.02 Å². The number of carbonyl (C=O) groups excluding carboxylic acids is 1. The predicted octanol–water partition coefficient (Wildman–Crippen LogP) is 5.06. The Hall–Kier alpha value is -2.04. The molecule has 1 amide bonds. The highest BCUT2D eigenvalue weighted by atomic mass is 35.5. The average Bonchev–Trinajstić information content (AvgIpc) is 2.90. The molecule has 2 heterocycles. The number of fused-ring (bicyclic) bond motifs is 1. The van der Waals surface area contributed by atoms with Crippen LogP contribution < -0.4 is 5.32 Å². The topological polar surface area (TPSA) is 46.4 Å². The summed E-state index contributed by atoms with van der Waals surface area (Å²) in [5.74, 6) is -0.00683. The first-order chi connectivity index (χ1) is 10.8. The zero-order valence-electron chi connectivity index (χ0n) is 13.7. The van der Waals surface area contributed by atoms with Crippen molar-refractivity contribution in [2.45, 2.75) is 20.8 Å². The molecule has 0 aliphatic heterocycles. The number of imidazole rings is 1. The number of halogens is 2.